The first kappa shape index (κ1) is 8.34. The monoisotopic (exact) mass is 164 g/mol. The van der Waals surface area contributed by atoms with E-state index < -0.39 is 0 Å². The van der Waals surface area contributed by atoms with Gasteiger partial charge in [-0.1, -0.05) is 38.8 Å². The first-order valence-electron chi connectivity index (χ1n) is 5.44. The highest BCUT2D eigenvalue weighted by Crippen LogP contribution is 2.59. The minimum atomic E-state index is 0.642. The van der Waals surface area contributed by atoms with Gasteiger partial charge in [0.2, 0.25) is 0 Å². The fourth-order valence-corrected chi connectivity index (χ4v) is 2.51. The topological polar surface area (TPSA) is 0 Å². The van der Waals surface area contributed by atoms with Gasteiger partial charge in [0.05, 0.1) is 0 Å². The number of hydrogen-bond acceptors (Lipinski definition) is 0. The third kappa shape index (κ3) is 1.44. The Morgan fingerprint density at radius 3 is 3.00 bits per heavy atom. The van der Waals surface area contributed by atoms with E-state index in [1.807, 2.05) is 0 Å². The predicted molar refractivity (Wildman–Crippen MR) is 53.0 cm³/mol. The zero-order chi connectivity index (χ0) is 8.60. The van der Waals surface area contributed by atoms with E-state index in [0.717, 1.165) is 11.8 Å². The maximum absolute atomic E-state index is 2.49. The van der Waals surface area contributed by atoms with E-state index in [4.69, 9.17) is 0 Å². The van der Waals surface area contributed by atoms with Gasteiger partial charge in [-0.05, 0) is 36.5 Å². The lowest BCUT2D eigenvalue weighted by Gasteiger charge is -2.19. The van der Waals surface area contributed by atoms with Crippen molar-refractivity contribution in [3.8, 4) is 0 Å². The Kier molecular flexibility index (Phi) is 2.02. The molecule has 0 nitrogen and oxygen atoms in total. The second-order valence-corrected chi connectivity index (χ2v) is 4.90. The number of unbranched alkanes of at least 4 members (excludes halogenated alkanes) is 1. The Morgan fingerprint density at radius 2 is 2.33 bits per heavy atom. The van der Waals surface area contributed by atoms with Crippen molar-refractivity contribution >= 4 is 0 Å². The van der Waals surface area contributed by atoms with E-state index >= 15 is 0 Å². The molecule has 0 amide bonds. The molecule has 2 rings (SSSR count). The van der Waals surface area contributed by atoms with Crippen LogP contribution in [0.5, 0.6) is 0 Å². The van der Waals surface area contributed by atoms with E-state index in [0.29, 0.717) is 5.41 Å². The second-order valence-electron chi connectivity index (χ2n) is 4.90. The molecule has 0 aliphatic heterocycles. The summed E-state index contributed by atoms with van der Waals surface area (Å²) in [7, 11) is 0. The molecule has 0 aromatic heterocycles. The molecular weight excluding hydrogens is 144 g/mol. The molecule has 1 saturated carbocycles. The third-order valence-electron chi connectivity index (χ3n) is 3.72. The molecule has 2 unspecified atom stereocenters. The molecule has 2 aliphatic rings. The van der Waals surface area contributed by atoms with Crippen LogP contribution in [0.15, 0.2) is 12.2 Å². The number of rotatable bonds is 3. The molecular formula is C12H20. The van der Waals surface area contributed by atoms with Crippen LogP contribution in [-0.4, -0.2) is 0 Å². The Morgan fingerprint density at radius 1 is 1.50 bits per heavy atom. The molecule has 0 heterocycles. The zero-order valence-electron chi connectivity index (χ0n) is 8.34. The molecule has 2 aliphatic carbocycles. The minimum absolute atomic E-state index is 0.642. The summed E-state index contributed by atoms with van der Waals surface area (Å²) in [6.45, 7) is 4.69. The summed E-state index contributed by atoms with van der Waals surface area (Å²) in [6, 6.07) is 0. The van der Waals surface area contributed by atoms with E-state index in [9.17, 15) is 0 Å². The molecule has 0 heteroatoms. The molecule has 0 radical (unpaired) electrons. The molecule has 0 aromatic rings. The first-order chi connectivity index (χ1) is 5.74. The Balaban J connectivity index is 1.85. The summed E-state index contributed by atoms with van der Waals surface area (Å²) < 4.78 is 0. The van der Waals surface area contributed by atoms with Crippen molar-refractivity contribution in [2.45, 2.75) is 46.0 Å². The highest BCUT2D eigenvalue weighted by Gasteiger charge is 2.49. The Bertz CT molecular complexity index is 192. The number of allylic oxidation sites excluding steroid dienone is 2. The van der Waals surface area contributed by atoms with Gasteiger partial charge < -0.3 is 0 Å². The van der Waals surface area contributed by atoms with Gasteiger partial charge in [-0.15, -0.1) is 0 Å². The van der Waals surface area contributed by atoms with Crippen LogP contribution in [0.4, 0.5) is 0 Å². The molecule has 0 bridgehead atoms. The average molecular weight is 164 g/mol. The van der Waals surface area contributed by atoms with Gasteiger partial charge in [0, 0.05) is 0 Å². The zero-order valence-corrected chi connectivity index (χ0v) is 8.34. The largest absolute Gasteiger partial charge is 0.0849 e. The smallest absolute Gasteiger partial charge is 0.0115 e. The fourth-order valence-electron chi connectivity index (χ4n) is 2.51. The van der Waals surface area contributed by atoms with Crippen molar-refractivity contribution in [2.24, 2.45) is 17.3 Å². The van der Waals surface area contributed by atoms with Gasteiger partial charge in [0.15, 0.2) is 0 Å². The Hall–Kier alpha value is -0.260. The SMILES string of the molecule is CCCCC1C=CC2(C)C[C@@H]2C1. The molecule has 68 valence electrons. The lowest BCUT2D eigenvalue weighted by Crippen LogP contribution is -2.07. The molecule has 12 heavy (non-hydrogen) atoms. The van der Waals surface area contributed by atoms with Gasteiger partial charge in [0.1, 0.15) is 0 Å². The van der Waals surface area contributed by atoms with Gasteiger partial charge in [-0.25, -0.2) is 0 Å². The fraction of sp³-hybridized carbons (Fsp3) is 0.833. The van der Waals surface area contributed by atoms with Crippen LogP contribution in [0.2, 0.25) is 0 Å². The molecule has 0 spiro atoms. The van der Waals surface area contributed by atoms with Gasteiger partial charge in [-0.3, -0.25) is 0 Å². The lowest BCUT2D eigenvalue weighted by atomic mass is 9.87. The number of fused-ring (bicyclic) bond motifs is 1. The maximum Gasteiger partial charge on any atom is -0.0115 e. The van der Waals surface area contributed by atoms with Crippen LogP contribution in [0.1, 0.15) is 46.0 Å². The standard InChI is InChI=1S/C12H20/c1-3-4-5-10-6-7-12(2)9-11(12)8-10/h6-7,10-11H,3-5,8-9H2,1-2H3/t10?,11-,12?/m0/s1. The molecule has 0 saturated heterocycles. The van der Waals surface area contributed by atoms with E-state index in [1.165, 1.54) is 32.1 Å². The number of hydrogen-bond donors (Lipinski definition) is 0. The van der Waals surface area contributed by atoms with Crippen LogP contribution < -0.4 is 0 Å². The second kappa shape index (κ2) is 2.90. The van der Waals surface area contributed by atoms with E-state index in [2.05, 4.69) is 26.0 Å². The highest BCUT2D eigenvalue weighted by atomic mass is 14.5. The summed E-state index contributed by atoms with van der Waals surface area (Å²) in [6.07, 6.45) is 12.1. The van der Waals surface area contributed by atoms with Crippen molar-refractivity contribution in [2.75, 3.05) is 0 Å². The summed E-state index contributed by atoms with van der Waals surface area (Å²) in [5.41, 5.74) is 0.642. The van der Waals surface area contributed by atoms with Gasteiger partial charge in [-0.2, -0.15) is 0 Å². The van der Waals surface area contributed by atoms with Crippen molar-refractivity contribution in [1.82, 2.24) is 0 Å². The van der Waals surface area contributed by atoms with Crippen molar-refractivity contribution in [3.63, 3.8) is 0 Å². The third-order valence-corrected chi connectivity index (χ3v) is 3.72. The normalized spacial score (nSPS) is 44.2. The quantitative estimate of drug-likeness (QED) is 0.557. The van der Waals surface area contributed by atoms with Crippen LogP contribution in [0, 0.1) is 17.3 Å². The van der Waals surface area contributed by atoms with Crippen LogP contribution >= 0.6 is 0 Å². The summed E-state index contributed by atoms with van der Waals surface area (Å²) in [4.78, 5) is 0. The van der Waals surface area contributed by atoms with Crippen molar-refractivity contribution < 1.29 is 0 Å². The average Bonchev–Trinajstić information content (AvgIpc) is 2.72. The summed E-state index contributed by atoms with van der Waals surface area (Å²) in [5, 5.41) is 0. The van der Waals surface area contributed by atoms with Crippen LogP contribution in [0.25, 0.3) is 0 Å². The predicted octanol–water partition coefficient (Wildman–Crippen LogP) is 3.78. The van der Waals surface area contributed by atoms with Gasteiger partial charge >= 0.3 is 0 Å². The molecule has 1 fully saturated rings. The molecule has 0 N–H and O–H groups in total. The van der Waals surface area contributed by atoms with Crippen molar-refractivity contribution in [1.29, 1.82) is 0 Å². The highest BCUT2D eigenvalue weighted by molar-refractivity contribution is 5.18. The van der Waals surface area contributed by atoms with E-state index in [-0.39, 0.29) is 0 Å². The van der Waals surface area contributed by atoms with Crippen LogP contribution in [0.3, 0.4) is 0 Å². The van der Waals surface area contributed by atoms with Crippen LogP contribution in [-0.2, 0) is 0 Å². The first-order valence-corrected chi connectivity index (χ1v) is 5.44. The van der Waals surface area contributed by atoms with Crippen molar-refractivity contribution in [3.05, 3.63) is 12.2 Å². The minimum Gasteiger partial charge on any atom is -0.0849 e. The Labute approximate surface area is 76.1 Å². The van der Waals surface area contributed by atoms with E-state index in [1.54, 1.807) is 0 Å². The summed E-state index contributed by atoms with van der Waals surface area (Å²) in [5.74, 6) is 1.97. The maximum atomic E-state index is 2.49. The van der Waals surface area contributed by atoms with Gasteiger partial charge in [0.25, 0.3) is 0 Å². The summed E-state index contributed by atoms with van der Waals surface area (Å²) >= 11 is 0. The molecule has 0 aromatic carbocycles. The lowest BCUT2D eigenvalue weighted by molar-refractivity contribution is 0.430. The molecule has 3 atom stereocenters.